The van der Waals surface area contributed by atoms with Crippen LogP contribution in [-0.4, -0.2) is 28.1 Å². The second-order valence-electron chi connectivity index (χ2n) is 7.94. The average molecular weight is 485 g/mol. The number of pyridine rings is 1. The Morgan fingerprint density at radius 1 is 1.06 bits per heavy atom. The highest BCUT2D eigenvalue weighted by molar-refractivity contribution is 5.94. The van der Waals surface area contributed by atoms with Crippen LogP contribution in [0, 0.1) is 17.6 Å². The molecule has 8 nitrogen and oxygen atoms in total. The maximum absolute atomic E-state index is 14.5. The molecule has 3 aromatic rings. The van der Waals surface area contributed by atoms with E-state index in [0.717, 1.165) is 5.56 Å². The summed E-state index contributed by atoms with van der Waals surface area (Å²) < 4.78 is 39.6. The van der Waals surface area contributed by atoms with Crippen LogP contribution in [0.5, 0.6) is 17.5 Å². The van der Waals surface area contributed by atoms with Gasteiger partial charge in [0.15, 0.2) is 17.7 Å². The van der Waals surface area contributed by atoms with Gasteiger partial charge in [0.2, 0.25) is 5.91 Å². The molecule has 0 radical (unpaired) electrons. The molecule has 10 heteroatoms. The Kier molecular flexibility index (Phi) is 7.98. The number of carboxylic acid groups (broad SMARTS) is 1. The maximum Gasteiger partial charge on any atom is 0.345 e. The molecule has 0 unspecified atom stereocenters. The fourth-order valence-electron chi connectivity index (χ4n) is 3.29. The molecule has 0 aliphatic rings. The quantitative estimate of drug-likeness (QED) is 0.390. The molecular weight excluding hydrogens is 460 g/mol. The Hall–Kier alpha value is -4.05. The number of carbonyl (C=O) groups excluding carboxylic acids is 1. The molecule has 35 heavy (non-hydrogen) atoms. The SMILES string of the molecule is CC[C@@H](C)[C@@H](Oc1nc(Oc2cc(C(N)=O)cc(-c3cccc(CN)c3)c2)c(F)cc1F)C(=O)O. The predicted molar refractivity (Wildman–Crippen MR) is 124 cm³/mol. The predicted octanol–water partition coefficient (Wildman–Crippen LogP) is 4.25. The van der Waals surface area contributed by atoms with Gasteiger partial charge in [-0.1, -0.05) is 32.0 Å². The molecule has 5 N–H and O–H groups in total. The highest BCUT2D eigenvalue weighted by Gasteiger charge is 2.28. The van der Waals surface area contributed by atoms with Crippen LogP contribution in [0.25, 0.3) is 11.1 Å². The van der Waals surface area contributed by atoms with Crippen molar-refractivity contribution in [2.75, 3.05) is 0 Å². The van der Waals surface area contributed by atoms with Crippen LogP contribution in [0.1, 0.15) is 36.2 Å². The summed E-state index contributed by atoms with van der Waals surface area (Å²) in [5.41, 5.74) is 13.3. The third-order valence-electron chi connectivity index (χ3n) is 5.41. The van der Waals surface area contributed by atoms with Crippen LogP contribution in [0.4, 0.5) is 8.78 Å². The number of nitrogens with zero attached hydrogens (tertiary/aromatic N) is 1. The Labute approximate surface area is 200 Å². The first-order valence-corrected chi connectivity index (χ1v) is 10.8. The minimum absolute atomic E-state index is 0.00452. The average Bonchev–Trinajstić information content (AvgIpc) is 2.84. The lowest BCUT2D eigenvalue weighted by Gasteiger charge is -2.20. The minimum atomic E-state index is -1.40. The second-order valence-corrected chi connectivity index (χ2v) is 7.94. The van der Waals surface area contributed by atoms with E-state index in [1.54, 1.807) is 26.0 Å². The lowest BCUT2D eigenvalue weighted by atomic mass is 10.0. The van der Waals surface area contributed by atoms with Crippen molar-refractivity contribution >= 4 is 11.9 Å². The highest BCUT2D eigenvalue weighted by Crippen LogP contribution is 2.32. The van der Waals surface area contributed by atoms with Gasteiger partial charge in [0, 0.05) is 24.1 Å². The zero-order valence-electron chi connectivity index (χ0n) is 19.1. The summed E-state index contributed by atoms with van der Waals surface area (Å²) in [4.78, 5) is 27.2. The summed E-state index contributed by atoms with van der Waals surface area (Å²) in [6, 6.07) is 12.0. The summed E-state index contributed by atoms with van der Waals surface area (Å²) in [5.74, 6) is -6.27. The fraction of sp³-hybridized carbons (Fsp3) is 0.240. The van der Waals surface area contributed by atoms with E-state index in [0.29, 0.717) is 30.2 Å². The van der Waals surface area contributed by atoms with Gasteiger partial charge in [0.1, 0.15) is 5.75 Å². The number of hydrogen-bond donors (Lipinski definition) is 3. The molecule has 0 fully saturated rings. The highest BCUT2D eigenvalue weighted by atomic mass is 19.1. The standard InChI is InChI=1S/C25H25F2N3O5/c1-3-13(2)21(25(32)33)35-24-20(27)11-19(26)23(30-24)34-18-9-16(8-17(10-18)22(29)31)15-6-4-5-14(7-15)12-28/h4-11,13,21H,3,12,28H2,1-2H3,(H2,29,31)(H,32,33)/t13-,21-/m1/s1. The normalized spacial score (nSPS) is 12.6. The number of halogens is 2. The molecule has 2 aromatic carbocycles. The molecule has 3 rings (SSSR count). The first-order valence-electron chi connectivity index (χ1n) is 10.8. The molecule has 0 spiro atoms. The number of amides is 1. The Morgan fingerprint density at radius 3 is 2.40 bits per heavy atom. The molecule has 1 aromatic heterocycles. The Bertz CT molecular complexity index is 1250. The van der Waals surface area contributed by atoms with Crippen molar-refractivity contribution in [3.8, 4) is 28.6 Å². The van der Waals surface area contributed by atoms with E-state index < -0.39 is 47.3 Å². The van der Waals surface area contributed by atoms with Crippen LogP contribution < -0.4 is 20.9 Å². The van der Waals surface area contributed by atoms with E-state index in [2.05, 4.69) is 4.98 Å². The largest absolute Gasteiger partial charge is 0.478 e. The van der Waals surface area contributed by atoms with Gasteiger partial charge >= 0.3 is 5.97 Å². The molecule has 0 bridgehead atoms. The molecule has 0 aliphatic heterocycles. The van der Waals surface area contributed by atoms with Crippen molar-refractivity contribution < 1.29 is 33.0 Å². The van der Waals surface area contributed by atoms with Gasteiger partial charge in [-0.15, -0.1) is 0 Å². The van der Waals surface area contributed by atoms with Crippen LogP contribution in [0.2, 0.25) is 0 Å². The number of rotatable bonds is 10. The number of ether oxygens (including phenoxy) is 2. The molecule has 0 aliphatic carbocycles. The zero-order valence-corrected chi connectivity index (χ0v) is 19.1. The van der Waals surface area contributed by atoms with Gasteiger partial charge in [-0.05, 0) is 47.4 Å². The lowest BCUT2D eigenvalue weighted by Crippen LogP contribution is -2.34. The van der Waals surface area contributed by atoms with Gasteiger partial charge in [0.25, 0.3) is 11.8 Å². The third kappa shape index (κ3) is 6.10. The summed E-state index contributed by atoms with van der Waals surface area (Å²) in [6.07, 6.45) is -0.961. The van der Waals surface area contributed by atoms with Crippen molar-refractivity contribution in [3.05, 3.63) is 71.3 Å². The topological polar surface area (TPSA) is 138 Å². The summed E-state index contributed by atoms with van der Waals surface area (Å²) in [5, 5.41) is 9.41. The lowest BCUT2D eigenvalue weighted by molar-refractivity contribution is -0.147. The number of aliphatic carboxylic acids is 1. The number of primary amides is 1. The number of aromatic nitrogens is 1. The second kappa shape index (κ2) is 10.9. The van der Waals surface area contributed by atoms with Gasteiger partial charge < -0.3 is 26.0 Å². The van der Waals surface area contributed by atoms with E-state index in [-0.39, 0.29) is 11.3 Å². The van der Waals surface area contributed by atoms with Crippen molar-refractivity contribution in [2.45, 2.75) is 32.9 Å². The molecule has 1 amide bonds. The zero-order chi connectivity index (χ0) is 25.7. The van der Waals surface area contributed by atoms with Crippen LogP contribution in [0.3, 0.4) is 0 Å². The van der Waals surface area contributed by atoms with Crippen molar-refractivity contribution in [3.63, 3.8) is 0 Å². The number of carbonyl (C=O) groups is 2. The van der Waals surface area contributed by atoms with Crippen molar-refractivity contribution in [1.29, 1.82) is 0 Å². The number of benzene rings is 2. The van der Waals surface area contributed by atoms with Crippen molar-refractivity contribution in [2.24, 2.45) is 17.4 Å². The van der Waals surface area contributed by atoms with E-state index in [1.165, 1.54) is 18.2 Å². The van der Waals surface area contributed by atoms with Gasteiger partial charge in [-0.2, -0.15) is 4.98 Å². The monoisotopic (exact) mass is 485 g/mol. The molecule has 0 saturated carbocycles. The maximum atomic E-state index is 14.5. The number of carboxylic acids is 1. The Balaban J connectivity index is 2.01. The molecule has 1 heterocycles. The van der Waals surface area contributed by atoms with Crippen LogP contribution in [-0.2, 0) is 11.3 Å². The summed E-state index contributed by atoms with van der Waals surface area (Å²) in [6.45, 7) is 3.67. The minimum Gasteiger partial charge on any atom is -0.478 e. The summed E-state index contributed by atoms with van der Waals surface area (Å²) in [7, 11) is 0. The van der Waals surface area contributed by atoms with E-state index in [1.807, 2.05) is 12.1 Å². The smallest absolute Gasteiger partial charge is 0.345 e. The van der Waals surface area contributed by atoms with E-state index >= 15 is 0 Å². The number of hydrogen-bond acceptors (Lipinski definition) is 6. The van der Waals surface area contributed by atoms with E-state index in [9.17, 15) is 23.5 Å². The molecule has 184 valence electrons. The summed E-state index contributed by atoms with van der Waals surface area (Å²) >= 11 is 0. The Morgan fingerprint density at radius 2 is 1.77 bits per heavy atom. The van der Waals surface area contributed by atoms with Crippen LogP contribution >= 0.6 is 0 Å². The molecular formula is C25H25F2N3O5. The number of nitrogens with two attached hydrogens (primary N) is 2. The van der Waals surface area contributed by atoms with E-state index in [4.69, 9.17) is 20.9 Å². The van der Waals surface area contributed by atoms with Gasteiger partial charge in [-0.3, -0.25) is 4.79 Å². The molecule has 2 atom stereocenters. The fourth-order valence-corrected chi connectivity index (χ4v) is 3.29. The van der Waals surface area contributed by atoms with Gasteiger partial charge in [-0.25, -0.2) is 13.6 Å². The first-order chi connectivity index (χ1) is 16.6. The first kappa shape index (κ1) is 25.6. The molecule has 0 saturated heterocycles. The van der Waals surface area contributed by atoms with Gasteiger partial charge in [0.05, 0.1) is 0 Å². The van der Waals surface area contributed by atoms with Crippen molar-refractivity contribution in [1.82, 2.24) is 4.98 Å². The van der Waals surface area contributed by atoms with Crippen LogP contribution in [0.15, 0.2) is 48.5 Å². The third-order valence-corrected chi connectivity index (χ3v) is 5.41.